The molecule has 18 heavy (non-hydrogen) atoms. The Morgan fingerprint density at radius 2 is 2.00 bits per heavy atom. The van der Waals surface area contributed by atoms with Crippen LogP contribution in [0.4, 0.5) is 12.7 Å². The Bertz CT molecular complexity index is 559. The van der Waals surface area contributed by atoms with Crippen LogP contribution >= 0.6 is 11.6 Å². The van der Waals surface area contributed by atoms with Crippen LogP contribution in [0.15, 0.2) is 24.3 Å². The lowest BCUT2D eigenvalue weighted by Gasteiger charge is -2.11. The van der Waals surface area contributed by atoms with E-state index >= 15 is 0 Å². The van der Waals surface area contributed by atoms with Crippen LogP contribution in [-0.2, 0) is 26.4 Å². The molecule has 1 rings (SSSR count). The Kier molecular flexibility index (Phi) is 4.23. The summed E-state index contributed by atoms with van der Waals surface area (Å²) in [4.78, 5) is 10.7. The van der Waals surface area contributed by atoms with E-state index in [1.807, 2.05) is 0 Å². The van der Waals surface area contributed by atoms with Crippen LogP contribution in [0.3, 0.4) is 0 Å². The van der Waals surface area contributed by atoms with E-state index < -0.39 is 28.1 Å². The zero-order valence-corrected chi connectivity index (χ0v) is 10.1. The van der Waals surface area contributed by atoms with Crippen LogP contribution in [0.2, 0.25) is 5.02 Å². The zero-order valence-electron chi connectivity index (χ0n) is 8.57. The van der Waals surface area contributed by atoms with Gasteiger partial charge >= 0.3 is 21.4 Å². The number of carbonyl (C=O) groups excluding carboxylic acids is 1. The molecule has 4 nitrogen and oxygen atoms in total. The smallest absolute Gasteiger partial charge is 0.455 e. The van der Waals surface area contributed by atoms with Crippen molar-refractivity contribution in [3.8, 4) is 0 Å². The maximum atomic E-state index is 12.6. The van der Waals surface area contributed by atoms with Gasteiger partial charge in [-0.1, -0.05) is 27.6 Å². The fourth-order valence-electron chi connectivity index (χ4n) is 0.959. The number of rotatable bonds is 4. The zero-order chi connectivity index (χ0) is 14.0. The molecule has 0 aliphatic rings. The highest BCUT2D eigenvalue weighted by Crippen LogP contribution is 2.25. The van der Waals surface area contributed by atoms with Gasteiger partial charge in [0.1, 0.15) is 6.61 Å². The van der Waals surface area contributed by atoms with Gasteiger partial charge in [0.2, 0.25) is 0 Å². The van der Waals surface area contributed by atoms with Gasteiger partial charge in [-0.05, 0) is 17.7 Å². The van der Waals surface area contributed by atoms with Crippen molar-refractivity contribution in [3.63, 3.8) is 0 Å². The second-order valence-corrected chi connectivity index (χ2v) is 4.99. The van der Waals surface area contributed by atoms with Crippen molar-refractivity contribution in [1.82, 2.24) is 0 Å². The third kappa shape index (κ3) is 3.36. The molecule has 0 saturated carbocycles. The van der Waals surface area contributed by atoms with Crippen molar-refractivity contribution in [1.29, 1.82) is 0 Å². The predicted molar refractivity (Wildman–Crippen MR) is 56.2 cm³/mol. The van der Waals surface area contributed by atoms with E-state index in [4.69, 9.17) is 11.6 Å². The average Bonchev–Trinajstić information content (AvgIpc) is 2.24. The summed E-state index contributed by atoms with van der Waals surface area (Å²) in [6.07, 6.45) is 0. The molecule has 100 valence electrons. The van der Waals surface area contributed by atoms with Gasteiger partial charge in [0.05, 0.1) is 0 Å². The third-order valence-corrected chi connectivity index (χ3v) is 2.82. The standard InChI is InChI=1S/C9H6ClF3O4S/c10-7-3-1-2-6(4-7)5-17-8(14)9(11,12)18(13,15)16/h1-4H,5H2. The van der Waals surface area contributed by atoms with E-state index in [1.165, 1.54) is 24.3 Å². The van der Waals surface area contributed by atoms with Gasteiger partial charge in [0, 0.05) is 5.02 Å². The van der Waals surface area contributed by atoms with Crippen LogP contribution in [0.5, 0.6) is 0 Å². The Morgan fingerprint density at radius 1 is 1.39 bits per heavy atom. The molecule has 0 aromatic heterocycles. The Labute approximate surface area is 106 Å². The molecule has 0 aliphatic heterocycles. The molecule has 0 spiro atoms. The lowest BCUT2D eigenvalue weighted by Crippen LogP contribution is -2.36. The molecule has 0 fully saturated rings. The first-order chi connectivity index (χ1) is 8.14. The van der Waals surface area contributed by atoms with Crippen molar-refractivity contribution in [2.24, 2.45) is 0 Å². The summed E-state index contributed by atoms with van der Waals surface area (Å²) in [6, 6.07) is 5.68. The molecule has 0 heterocycles. The molecule has 0 radical (unpaired) electrons. The van der Waals surface area contributed by atoms with Gasteiger partial charge < -0.3 is 4.74 Å². The maximum absolute atomic E-state index is 12.6. The van der Waals surface area contributed by atoms with Crippen LogP contribution in [0, 0.1) is 0 Å². The van der Waals surface area contributed by atoms with Gasteiger partial charge in [-0.2, -0.15) is 17.2 Å². The van der Waals surface area contributed by atoms with E-state index in [0.29, 0.717) is 0 Å². The normalized spacial score (nSPS) is 12.2. The van der Waals surface area contributed by atoms with E-state index in [2.05, 4.69) is 4.74 Å². The minimum absolute atomic E-state index is 0.253. The van der Waals surface area contributed by atoms with E-state index in [-0.39, 0.29) is 10.6 Å². The van der Waals surface area contributed by atoms with Gasteiger partial charge in [-0.25, -0.2) is 4.79 Å². The molecule has 0 N–H and O–H groups in total. The molecule has 0 bridgehead atoms. The van der Waals surface area contributed by atoms with Crippen molar-refractivity contribution in [2.75, 3.05) is 0 Å². The highest BCUT2D eigenvalue weighted by Gasteiger charge is 2.55. The molecule has 0 aliphatic carbocycles. The lowest BCUT2D eigenvalue weighted by atomic mass is 10.2. The van der Waals surface area contributed by atoms with Crippen LogP contribution < -0.4 is 0 Å². The molecule has 9 heteroatoms. The van der Waals surface area contributed by atoms with Gasteiger partial charge in [0.25, 0.3) is 0 Å². The summed E-state index contributed by atoms with van der Waals surface area (Å²) in [5, 5.41) is -4.95. The second kappa shape index (κ2) is 5.15. The minimum Gasteiger partial charge on any atom is -0.455 e. The van der Waals surface area contributed by atoms with Crippen molar-refractivity contribution in [2.45, 2.75) is 11.9 Å². The topological polar surface area (TPSA) is 60.4 Å². The summed E-state index contributed by atoms with van der Waals surface area (Å²) in [7, 11) is -6.35. The van der Waals surface area contributed by atoms with Crippen molar-refractivity contribution >= 4 is 27.8 Å². The number of carbonyl (C=O) groups is 1. The molecule has 1 aromatic rings. The number of alkyl halides is 2. The average molecular weight is 303 g/mol. The highest BCUT2D eigenvalue weighted by molar-refractivity contribution is 7.88. The summed E-state index contributed by atoms with van der Waals surface area (Å²) < 4.78 is 61.4. The fourth-order valence-corrected chi connectivity index (χ4v) is 1.43. The molecule has 1 aromatic carbocycles. The molecular weight excluding hydrogens is 297 g/mol. The summed E-state index contributed by atoms with van der Waals surface area (Å²) in [5.41, 5.74) is 0.253. The molecular formula is C9H6ClF3O4S. The lowest BCUT2D eigenvalue weighted by molar-refractivity contribution is -0.162. The van der Waals surface area contributed by atoms with Crippen molar-refractivity contribution < 1.29 is 30.6 Å². The second-order valence-electron chi connectivity index (χ2n) is 3.16. The molecule has 0 amide bonds. The Hall–Kier alpha value is -1.28. The first-order valence-corrected chi connectivity index (χ1v) is 6.14. The van der Waals surface area contributed by atoms with Crippen LogP contribution in [0.1, 0.15) is 5.56 Å². The molecule has 0 saturated heterocycles. The van der Waals surface area contributed by atoms with Gasteiger partial charge in [-0.3, -0.25) is 0 Å². The number of benzene rings is 1. The number of ether oxygens (including phenoxy) is 1. The first kappa shape index (κ1) is 14.8. The SMILES string of the molecule is O=C(OCc1cccc(Cl)c1)C(F)(F)S(=O)(=O)F. The predicted octanol–water partition coefficient (Wildman–Crippen LogP) is 2.28. The minimum atomic E-state index is -6.35. The third-order valence-electron chi connectivity index (χ3n) is 1.80. The van der Waals surface area contributed by atoms with Crippen molar-refractivity contribution in [3.05, 3.63) is 34.9 Å². The van der Waals surface area contributed by atoms with Gasteiger partial charge in [-0.15, -0.1) is 0 Å². The number of halogens is 4. The quantitative estimate of drug-likeness (QED) is 0.632. The highest BCUT2D eigenvalue weighted by atomic mass is 35.5. The largest absolute Gasteiger partial charge is 0.470 e. The number of hydrogen-bond donors (Lipinski definition) is 0. The number of hydrogen-bond acceptors (Lipinski definition) is 4. The Morgan fingerprint density at radius 3 is 2.50 bits per heavy atom. The monoisotopic (exact) mass is 302 g/mol. The van der Waals surface area contributed by atoms with Crippen LogP contribution in [0.25, 0.3) is 0 Å². The Balaban J connectivity index is 2.73. The maximum Gasteiger partial charge on any atom is 0.470 e. The fraction of sp³-hybridized carbons (Fsp3) is 0.222. The first-order valence-electron chi connectivity index (χ1n) is 4.38. The summed E-state index contributed by atoms with van der Waals surface area (Å²) in [5.74, 6) is -2.48. The molecule has 0 atom stereocenters. The van der Waals surface area contributed by atoms with Gasteiger partial charge in [0.15, 0.2) is 0 Å². The van der Waals surface area contributed by atoms with Crippen LogP contribution in [-0.4, -0.2) is 19.6 Å². The van der Waals surface area contributed by atoms with E-state index in [1.54, 1.807) is 0 Å². The number of esters is 1. The summed E-state index contributed by atoms with van der Waals surface area (Å²) >= 11 is 5.58. The molecule has 0 unspecified atom stereocenters. The summed E-state index contributed by atoms with van der Waals surface area (Å²) in [6.45, 7) is -0.648. The van der Waals surface area contributed by atoms with E-state index in [0.717, 1.165) is 0 Å². The van der Waals surface area contributed by atoms with E-state index in [9.17, 15) is 25.9 Å².